The van der Waals surface area contributed by atoms with Crippen LogP contribution in [0.5, 0.6) is 17.2 Å². The molecule has 6 aromatic rings. The Balaban J connectivity index is 1.11. The van der Waals surface area contributed by atoms with Crippen LogP contribution in [0.4, 0.5) is 10.5 Å². The van der Waals surface area contributed by atoms with Crippen LogP contribution in [0.3, 0.4) is 0 Å². The standard InChI is InChI=1S/C65H66N6O11/c1-42(2)55(61(74)78-4)66-64(77)70-51-27-25-43(18-15-29-67(3)39-44-16-8-5-9-17-44)36-50(51)65(63(70)76)54(60(73)69-32-30-68(31-33-69)40-45-26-28-52-53(37-45)81-41-80-52)57-62(75)82-58(47-21-12-7-13-22-47)56(46-19-10-6-11-20-46)71(57)59(65)48-23-14-24-49(38-48)79-35-34-72/h5-14,16-17,19-28,36-38,42,54-59,72H,29-35,39-41H2,1-4H3,(H,66,77)/t54-,55+,56-,57-,58+,59+,65-/m1/s1. The number of fused-ring (bicyclic) bond motifs is 4. The number of amides is 4. The van der Waals surface area contributed by atoms with Gasteiger partial charge in [0.25, 0.3) is 0 Å². The third kappa shape index (κ3) is 10.5. The number of methoxy groups -OCH3 is 1. The summed E-state index contributed by atoms with van der Waals surface area (Å²) in [5, 5.41) is 12.8. The number of hydrogen-bond donors (Lipinski definition) is 2. The molecule has 17 nitrogen and oxygen atoms in total. The van der Waals surface area contributed by atoms with Gasteiger partial charge in [0.05, 0.1) is 44.0 Å². The highest BCUT2D eigenvalue weighted by atomic mass is 16.7. The molecule has 2 N–H and O–H groups in total. The third-order valence-electron chi connectivity index (χ3n) is 16.3. The van der Waals surface area contributed by atoms with Gasteiger partial charge in [0.1, 0.15) is 36.0 Å². The van der Waals surface area contributed by atoms with E-state index in [0.29, 0.717) is 66.7 Å². The number of morpholine rings is 1. The predicted octanol–water partition coefficient (Wildman–Crippen LogP) is 7.19. The molecule has 6 aromatic carbocycles. The van der Waals surface area contributed by atoms with Crippen molar-refractivity contribution in [2.24, 2.45) is 11.8 Å². The summed E-state index contributed by atoms with van der Waals surface area (Å²) < 4.78 is 29.3. The molecule has 5 aliphatic heterocycles. The normalized spacial score (nSPS) is 22.3. The lowest BCUT2D eigenvalue weighted by atomic mass is 9.64. The van der Waals surface area contributed by atoms with E-state index in [9.17, 15) is 9.90 Å². The molecule has 17 heteroatoms. The highest BCUT2D eigenvalue weighted by molar-refractivity contribution is 6.25. The largest absolute Gasteiger partial charge is 0.491 e. The molecule has 0 aromatic heterocycles. The van der Waals surface area contributed by atoms with E-state index in [1.807, 2.05) is 115 Å². The molecule has 4 amide bonds. The first-order chi connectivity index (χ1) is 39.9. The Morgan fingerprint density at radius 1 is 0.780 bits per heavy atom. The van der Waals surface area contributed by atoms with Crippen molar-refractivity contribution < 1.29 is 52.8 Å². The van der Waals surface area contributed by atoms with Crippen LogP contribution in [0.1, 0.15) is 71.0 Å². The Morgan fingerprint density at radius 3 is 2.18 bits per heavy atom. The van der Waals surface area contributed by atoms with E-state index in [1.165, 1.54) is 7.11 Å². The highest BCUT2D eigenvalue weighted by Crippen LogP contribution is 2.66. The number of urea groups is 1. The minimum Gasteiger partial charge on any atom is -0.491 e. The Labute approximate surface area is 477 Å². The summed E-state index contributed by atoms with van der Waals surface area (Å²) in [6.07, 6.45) is -0.957. The van der Waals surface area contributed by atoms with Crippen molar-refractivity contribution in [2.75, 3.05) is 71.8 Å². The van der Waals surface area contributed by atoms with Crippen LogP contribution in [0, 0.1) is 23.7 Å². The predicted molar refractivity (Wildman–Crippen MR) is 304 cm³/mol. The van der Waals surface area contributed by atoms with Crippen molar-refractivity contribution in [2.45, 2.75) is 62.6 Å². The maximum atomic E-state index is 17.1. The van der Waals surface area contributed by atoms with Gasteiger partial charge >= 0.3 is 18.0 Å². The van der Waals surface area contributed by atoms with Crippen LogP contribution >= 0.6 is 0 Å². The van der Waals surface area contributed by atoms with Gasteiger partial charge in [0.15, 0.2) is 11.5 Å². The molecule has 0 bridgehead atoms. The number of esters is 2. The molecule has 0 saturated carbocycles. The first-order valence-corrected chi connectivity index (χ1v) is 27.8. The Morgan fingerprint density at radius 2 is 1.48 bits per heavy atom. The van der Waals surface area contributed by atoms with Gasteiger partial charge in [-0.05, 0) is 88.8 Å². The number of hydrogen-bond acceptors (Lipinski definition) is 14. The lowest BCUT2D eigenvalue weighted by Crippen LogP contribution is -2.59. The van der Waals surface area contributed by atoms with Crippen LogP contribution < -0.4 is 24.4 Å². The van der Waals surface area contributed by atoms with Crippen molar-refractivity contribution in [3.8, 4) is 29.1 Å². The number of nitrogens with zero attached hydrogens (tertiary/aromatic N) is 5. The number of aliphatic hydroxyl groups excluding tert-OH is 1. The molecule has 5 heterocycles. The maximum absolute atomic E-state index is 17.1. The average molecular weight is 1110 g/mol. The number of benzene rings is 6. The lowest BCUT2D eigenvalue weighted by molar-refractivity contribution is -0.179. The van der Waals surface area contributed by atoms with Gasteiger partial charge in [-0.15, -0.1) is 0 Å². The topological polar surface area (TPSA) is 180 Å². The quantitative estimate of drug-likeness (QED) is 0.0780. The fourth-order valence-electron chi connectivity index (χ4n) is 12.6. The first-order valence-electron chi connectivity index (χ1n) is 27.8. The summed E-state index contributed by atoms with van der Waals surface area (Å²) in [6.45, 7) is 6.31. The summed E-state index contributed by atoms with van der Waals surface area (Å²) >= 11 is 0. The maximum Gasteiger partial charge on any atom is 0.329 e. The Bertz CT molecular complexity index is 3400. The number of aliphatic hydroxyl groups is 1. The number of nitrogens with one attached hydrogen (secondary N) is 1. The fraction of sp³-hybridized carbons (Fsp3) is 0.338. The zero-order valence-corrected chi connectivity index (χ0v) is 46.3. The van der Waals surface area contributed by atoms with Crippen molar-refractivity contribution in [3.63, 3.8) is 0 Å². The molecule has 0 unspecified atom stereocenters. The van der Waals surface area contributed by atoms with Crippen molar-refractivity contribution in [1.82, 2.24) is 24.9 Å². The minimum atomic E-state index is -2.11. The van der Waals surface area contributed by atoms with Crippen LogP contribution in [-0.4, -0.2) is 133 Å². The van der Waals surface area contributed by atoms with Crippen molar-refractivity contribution >= 4 is 35.5 Å². The summed E-state index contributed by atoms with van der Waals surface area (Å²) in [4.78, 5) is 87.5. The SMILES string of the molecule is COC(=O)[C@@H](NC(=O)N1C(=O)[C@@]2(c3cc(C#CCN(C)Cc4ccccc4)ccc31)[C@H](c1cccc(OCCO)c1)N1[C@H](c3ccccc3)[C@H](c3ccccc3)OC(=O)[C@H]1[C@@H]2C(=O)N1CCN(Cc2ccc3c(c2)OCO3)CC1)C(C)C. The van der Waals surface area contributed by atoms with E-state index >= 15 is 19.2 Å². The van der Waals surface area contributed by atoms with E-state index in [2.05, 4.69) is 39.1 Å². The molecule has 7 atom stereocenters. The number of cyclic esters (lactones) is 1. The zero-order chi connectivity index (χ0) is 57.1. The van der Waals surface area contributed by atoms with Gasteiger partial charge in [-0.3, -0.25) is 29.1 Å². The highest BCUT2D eigenvalue weighted by Gasteiger charge is 2.76. The summed E-state index contributed by atoms with van der Waals surface area (Å²) in [7, 11) is 3.20. The van der Waals surface area contributed by atoms with Crippen LogP contribution in [0.15, 0.2) is 152 Å². The number of rotatable bonds is 15. The van der Waals surface area contributed by atoms with Gasteiger partial charge in [0, 0.05) is 44.8 Å². The minimum absolute atomic E-state index is 0.0438. The smallest absolute Gasteiger partial charge is 0.329 e. The zero-order valence-electron chi connectivity index (χ0n) is 46.3. The summed E-state index contributed by atoms with van der Waals surface area (Å²) in [5.74, 6) is 3.66. The molecular weight excluding hydrogens is 1040 g/mol. The van der Waals surface area contributed by atoms with Gasteiger partial charge in [-0.2, -0.15) is 0 Å². The molecule has 0 aliphatic carbocycles. The fourth-order valence-corrected chi connectivity index (χ4v) is 12.6. The van der Waals surface area contributed by atoms with E-state index < -0.39 is 77.3 Å². The van der Waals surface area contributed by atoms with Crippen LogP contribution in [0.2, 0.25) is 0 Å². The molecule has 3 saturated heterocycles. The molecule has 5 aliphatic rings. The number of anilines is 1. The number of ether oxygens (including phenoxy) is 5. The number of imide groups is 1. The van der Waals surface area contributed by atoms with E-state index in [0.717, 1.165) is 21.6 Å². The average Bonchev–Trinajstić information content (AvgIpc) is 4.38. The Kier molecular flexibility index (Phi) is 16.1. The van der Waals surface area contributed by atoms with Gasteiger partial charge in [-0.1, -0.05) is 135 Å². The van der Waals surface area contributed by atoms with Gasteiger partial charge < -0.3 is 39.0 Å². The number of carbonyl (C=O) groups excluding carboxylic acids is 5. The van der Waals surface area contributed by atoms with E-state index in [4.69, 9.17) is 23.7 Å². The molecule has 1 spiro atoms. The number of carbonyl (C=O) groups is 5. The number of piperazine rings is 1. The third-order valence-corrected chi connectivity index (χ3v) is 16.3. The second-order valence-corrected chi connectivity index (χ2v) is 21.7. The summed E-state index contributed by atoms with van der Waals surface area (Å²) in [6, 6.07) is 41.6. The van der Waals surface area contributed by atoms with Gasteiger partial charge in [0.2, 0.25) is 18.6 Å². The molecular formula is C65H66N6O11. The van der Waals surface area contributed by atoms with Crippen LogP contribution in [0.25, 0.3) is 0 Å². The molecule has 3 fully saturated rings. The summed E-state index contributed by atoms with van der Waals surface area (Å²) in [5.41, 5.74) is 2.86. The van der Waals surface area contributed by atoms with Crippen molar-refractivity contribution in [3.05, 3.63) is 191 Å². The molecule has 11 rings (SSSR count). The first kappa shape index (κ1) is 55.4. The monoisotopic (exact) mass is 1110 g/mol. The molecule has 422 valence electrons. The van der Waals surface area contributed by atoms with Crippen molar-refractivity contribution in [1.29, 1.82) is 0 Å². The molecule has 82 heavy (non-hydrogen) atoms. The lowest BCUT2D eigenvalue weighted by Gasteiger charge is -2.46. The molecule has 0 radical (unpaired) electrons. The second-order valence-electron chi connectivity index (χ2n) is 21.7. The second kappa shape index (κ2) is 23.9. The van der Waals surface area contributed by atoms with E-state index in [1.54, 1.807) is 55.1 Å². The van der Waals surface area contributed by atoms with E-state index in [-0.39, 0.29) is 44.3 Å². The van der Waals surface area contributed by atoms with Crippen LogP contribution in [-0.2, 0) is 47.2 Å². The Hall–Kier alpha value is -8.53. The van der Waals surface area contributed by atoms with Gasteiger partial charge in [-0.25, -0.2) is 14.5 Å².